The van der Waals surface area contributed by atoms with Crippen LogP contribution in [0.1, 0.15) is 30.9 Å². The lowest BCUT2D eigenvalue weighted by Crippen LogP contribution is -2.33. The van der Waals surface area contributed by atoms with Gasteiger partial charge in [0, 0.05) is 19.1 Å². The molecule has 1 saturated heterocycles. The zero-order chi connectivity index (χ0) is 15.1. The summed E-state index contributed by atoms with van der Waals surface area (Å²) in [6.07, 6.45) is 3.70. The highest BCUT2D eigenvalue weighted by Gasteiger charge is 2.13. The Kier molecular flexibility index (Phi) is 6.61. The van der Waals surface area contributed by atoms with Gasteiger partial charge >= 0.3 is 0 Å². The Morgan fingerprint density at radius 1 is 1.29 bits per heavy atom. The van der Waals surface area contributed by atoms with Crippen molar-refractivity contribution in [1.82, 2.24) is 15.1 Å². The molecule has 1 unspecified atom stereocenters. The quantitative estimate of drug-likeness (QED) is 0.794. The molecule has 1 atom stereocenters. The van der Waals surface area contributed by atoms with Crippen molar-refractivity contribution in [2.24, 2.45) is 0 Å². The van der Waals surface area contributed by atoms with Crippen molar-refractivity contribution in [3.05, 3.63) is 35.6 Å². The minimum Gasteiger partial charge on any atom is -0.313 e. The SMILES string of the molecule is CNC(CCN(C)CCN1CCCC1)c1cccc(F)c1. The molecule has 0 radical (unpaired) electrons. The fraction of sp³-hybridized carbons (Fsp3) is 0.647. The van der Waals surface area contributed by atoms with Crippen molar-refractivity contribution >= 4 is 0 Å². The number of hydrogen-bond donors (Lipinski definition) is 1. The van der Waals surface area contributed by atoms with E-state index in [1.54, 1.807) is 12.1 Å². The number of rotatable bonds is 8. The lowest BCUT2D eigenvalue weighted by Gasteiger charge is -2.24. The monoisotopic (exact) mass is 293 g/mol. The van der Waals surface area contributed by atoms with Crippen molar-refractivity contribution in [2.45, 2.75) is 25.3 Å². The van der Waals surface area contributed by atoms with Crippen LogP contribution in [0.4, 0.5) is 4.39 Å². The van der Waals surface area contributed by atoms with E-state index < -0.39 is 0 Å². The van der Waals surface area contributed by atoms with Gasteiger partial charge in [-0.3, -0.25) is 0 Å². The number of halogens is 1. The molecule has 21 heavy (non-hydrogen) atoms. The summed E-state index contributed by atoms with van der Waals surface area (Å²) in [5, 5.41) is 3.29. The lowest BCUT2D eigenvalue weighted by atomic mass is 10.0. The second-order valence-electron chi connectivity index (χ2n) is 6.04. The summed E-state index contributed by atoms with van der Waals surface area (Å²) in [7, 11) is 4.12. The molecule has 0 spiro atoms. The molecule has 0 bridgehead atoms. The van der Waals surface area contributed by atoms with Crippen molar-refractivity contribution in [1.29, 1.82) is 0 Å². The van der Waals surface area contributed by atoms with Gasteiger partial charge < -0.3 is 15.1 Å². The molecule has 0 amide bonds. The molecule has 3 nitrogen and oxygen atoms in total. The number of benzene rings is 1. The third kappa shape index (κ3) is 5.38. The summed E-state index contributed by atoms with van der Waals surface area (Å²) in [5.41, 5.74) is 1.03. The fourth-order valence-corrected chi connectivity index (χ4v) is 2.98. The number of nitrogens with zero attached hydrogens (tertiary/aromatic N) is 2. The van der Waals surface area contributed by atoms with Crippen molar-refractivity contribution in [2.75, 3.05) is 46.8 Å². The Morgan fingerprint density at radius 3 is 2.71 bits per heavy atom. The van der Waals surface area contributed by atoms with Crippen LogP contribution in [0.15, 0.2) is 24.3 Å². The van der Waals surface area contributed by atoms with Gasteiger partial charge in [0.1, 0.15) is 5.82 Å². The van der Waals surface area contributed by atoms with Gasteiger partial charge in [-0.05, 0) is 70.7 Å². The summed E-state index contributed by atoms with van der Waals surface area (Å²) >= 11 is 0. The zero-order valence-electron chi connectivity index (χ0n) is 13.3. The first-order valence-electron chi connectivity index (χ1n) is 8.02. The highest BCUT2D eigenvalue weighted by molar-refractivity contribution is 5.20. The first kappa shape index (κ1) is 16.4. The van der Waals surface area contributed by atoms with Gasteiger partial charge in [-0.1, -0.05) is 12.1 Å². The molecule has 2 rings (SSSR count). The van der Waals surface area contributed by atoms with E-state index in [1.165, 1.54) is 38.5 Å². The maximum absolute atomic E-state index is 13.3. The maximum Gasteiger partial charge on any atom is 0.123 e. The van der Waals surface area contributed by atoms with Crippen molar-refractivity contribution in [3.63, 3.8) is 0 Å². The predicted octanol–water partition coefficient (Wildman–Crippen LogP) is 2.50. The third-order valence-electron chi connectivity index (χ3n) is 4.40. The second kappa shape index (κ2) is 8.47. The molecule has 1 aliphatic rings. The predicted molar refractivity (Wildman–Crippen MR) is 86.0 cm³/mol. The largest absolute Gasteiger partial charge is 0.313 e. The van der Waals surface area contributed by atoms with Crippen molar-refractivity contribution in [3.8, 4) is 0 Å². The first-order chi connectivity index (χ1) is 10.2. The van der Waals surface area contributed by atoms with Crippen LogP contribution in [-0.2, 0) is 0 Å². The Morgan fingerprint density at radius 2 is 2.05 bits per heavy atom. The van der Waals surface area contributed by atoms with Crippen LogP contribution < -0.4 is 5.32 Å². The standard InChI is InChI=1S/C17H28FN3/c1-19-17(15-6-5-7-16(18)14-15)8-11-20(2)12-13-21-9-3-4-10-21/h5-7,14,17,19H,3-4,8-13H2,1-2H3. The first-order valence-corrected chi connectivity index (χ1v) is 8.02. The Bertz CT molecular complexity index is 418. The molecule has 4 heteroatoms. The van der Waals surface area contributed by atoms with Gasteiger partial charge in [0.2, 0.25) is 0 Å². The van der Waals surface area contributed by atoms with Gasteiger partial charge in [-0.25, -0.2) is 4.39 Å². The number of likely N-dealkylation sites (N-methyl/N-ethyl adjacent to an activating group) is 1. The van der Waals surface area contributed by atoms with Crippen LogP contribution in [0, 0.1) is 5.82 Å². The van der Waals surface area contributed by atoms with E-state index >= 15 is 0 Å². The van der Waals surface area contributed by atoms with E-state index in [0.29, 0.717) is 0 Å². The highest BCUT2D eigenvalue weighted by Crippen LogP contribution is 2.17. The van der Waals surface area contributed by atoms with Crippen LogP contribution in [0.3, 0.4) is 0 Å². The van der Waals surface area contributed by atoms with Crippen molar-refractivity contribution < 1.29 is 4.39 Å². The van der Waals surface area contributed by atoms with E-state index in [-0.39, 0.29) is 11.9 Å². The van der Waals surface area contributed by atoms with E-state index in [9.17, 15) is 4.39 Å². The summed E-state index contributed by atoms with van der Waals surface area (Å²) in [6, 6.07) is 7.12. The fourth-order valence-electron chi connectivity index (χ4n) is 2.98. The van der Waals surface area contributed by atoms with Gasteiger partial charge in [0.15, 0.2) is 0 Å². The van der Waals surface area contributed by atoms with E-state index in [2.05, 4.69) is 22.2 Å². The molecule has 1 heterocycles. The van der Waals surface area contributed by atoms with Gasteiger partial charge in [-0.15, -0.1) is 0 Å². The second-order valence-corrected chi connectivity index (χ2v) is 6.04. The van der Waals surface area contributed by atoms with Crippen LogP contribution in [0.2, 0.25) is 0 Å². The molecule has 118 valence electrons. The minimum absolute atomic E-state index is 0.157. The molecular weight excluding hydrogens is 265 g/mol. The Balaban J connectivity index is 1.74. The summed E-state index contributed by atoms with van der Waals surface area (Å²) in [5.74, 6) is -0.157. The number of nitrogens with one attached hydrogen (secondary N) is 1. The smallest absolute Gasteiger partial charge is 0.123 e. The summed E-state index contributed by atoms with van der Waals surface area (Å²) < 4.78 is 13.3. The lowest BCUT2D eigenvalue weighted by molar-refractivity contribution is 0.249. The van der Waals surface area contributed by atoms with Gasteiger partial charge in [0.05, 0.1) is 0 Å². The van der Waals surface area contributed by atoms with Crippen LogP contribution >= 0.6 is 0 Å². The van der Waals surface area contributed by atoms with Gasteiger partial charge in [0.25, 0.3) is 0 Å². The molecule has 1 aromatic carbocycles. The molecule has 1 N–H and O–H groups in total. The Hall–Kier alpha value is -0.970. The third-order valence-corrected chi connectivity index (χ3v) is 4.40. The number of hydrogen-bond acceptors (Lipinski definition) is 3. The van der Waals surface area contributed by atoms with Crippen LogP contribution in [0.25, 0.3) is 0 Å². The van der Waals surface area contributed by atoms with Crippen LogP contribution in [-0.4, -0.2) is 56.6 Å². The topological polar surface area (TPSA) is 18.5 Å². The summed E-state index contributed by atoms with van der Waals surface area (Å²) in [4.78, 5) is 4.92. The van der Waals surface area contributed by atoms with E-state index in [0.717, 1.165) is 25.1 Å². The molecule has 0 aliphatic carbocycles. The average Bonchev–Trinajstić information content (AvgIpc) is 2.99. The molecule has 1 aromatic rings. The minimum atomic E-state index is -0.157. The molecule has 1 aliphatic heterocycles. The molecule has 0 saturated carbocycles. The highest BCUT2D eigenvalue weighted by atomic mass is 19.1. The van der Waals surface area contributed by atoms with E-state index in [1.807, 2.05) is 13.1 Å². The molecule has 1 fully saturated rings. The molecule has 0 aromatic heterocycles. The summed E-state index contributed by atoms with van der Waals surface area (Å²) in [6.45, 7) is 5.82. The van der Waals surface area contributed by atoms with E-state index in [4.69, 9.17) is 0 Å². The molecular formula is C17H28FN3. The zero-order valence-corrected chi connectivity index (χ0v) is 13.3. The Labute approximate surface area is 128 Å². The normalized spacial score (nSPS) is 17.5. The maximum atomic E-state index is 13.3. The number of likely N-dealkylation sites (tertiary alicyclic amines) is 1. The average molecular weight is 293 g/mol. The van der Waals surface area contributed by atoms with Crippen LogP contribution in [0.5, 0.6) is 0 Å². The van der Waals surface area contributed by atoms with Gasteiger partial charge in [-0.2, -0.15) is 0 Å².